The molecule has 1 amide bonds. The van der Waals surface area contributed by atoms with E-state index < -0.39 is 0 Å². The molecule has 1 saturated carbocycles. The Balaban J connectivity index is 1.69. The van der Waals surface area contributed by atoms with E-state index in [0.29, 0.717) is 0 Å². The average molecular weight is 314 g/mol. The van der Waals surface area contributed by atoms with Crippen LogP contribution < -0.4 is 5.32 Å². The number of nitrogens with one attached hydrogen (secondary N) is 1. The maximum Gasteiger partial charge on any atom is 0.226 e. The van der Waals surface area contributed by atoms with Crippen molar-refractivity contribution >= 4 is 17.2 Å². The molecule has 1 fully saturated rings. The van der Waals surface area contributed by atoms with Crippen molar-refractivity contribution in [1.82, 2.24) is 10.3 Å². The zero-order valence-electron chi connectivity index (χ0n) is 13.1. The third kappa shape index (κ3) is 3.07. The molecule has 1 aliphatic carbocycles. The van der Waals surface area contributed by atoms with Gasteiger partial charge in [0.2, 0.25) is 5.91 Å². The van der Waals surface area contributed by atoms with E-state index in [0.717, 1.165) is 41.9 Å². The molecule has 0 radical (unpaired) electrons. The number of carbonyl (C=O) groups is 1. The van der Waals surface area contributed by atoms with Crippen LogP contribution >= 0.6 is 11.3 Å². The molecule has 3 nitrogen and oxygen atoms in total. The number of hydrogen-bond acceptors (Lipinski definition) is 3. The van der Waals surface area contributed by atoms with Crippen molar-refractivity contribution in [1.29, 1.82) is 0 Å². The summed E-state index contributed by atoms with van der Waals surface area (Å²) in [6.07, 6.45) is 4.32. The maximum atomic E-state index is 12.5. The Morgan fingerprint density at radius 1 is 1.27 bits per heavy atom. The van der Waals surface area contributed by atoms with Gasteiger partial charge in [-0.25, -0.2) is 4.98 Å². The molecular weight excluding hydrogens is 292 g/mol. The quantitative estimate of drug-likeness (QED) is 0.898. The number of thiazole rings is 1. The molecule has 4 heteroatoms. The zero-order chi connectivity index (χ0) is 15.6. The van der Waals surface area contributed by atoms with Crippen LogP contribution in [-0.4, -0.2) is 10.9 Å². The molecule has 0 bridgehead atoms. The fourth-order valence-electron chi connectivity index (χ4n) is 3.04. The molecule has 0 aliphatic heterocycles. The summed E-state index contributed by atoms with van der Waals surface area (Å²) in [5, 5.41) is 6.18. The van der Waals surface area contributed by atoms with Crippen molar-refractivity contribution in [2.24, 2.45) is 5.41 Å². The van der Waals surface area contributed by atoms with E-state index in [2.05, 4.69) is 34.7 Å². The molecule has 3 rings (SSSR count). The predicted molar refractivity (Wildman–Crippen MR) is 90.7 cm³/mol. The van der Waals surface area contributed by atoms with E-state index in [1.807, 2.05) is 25.1 Å². The Bertz CT molecular complexity index is 644. The number of amides is 1. The Kier molecular flexibility index (Phi) is 4.30. The topological polar surface area (TPSA) is 42.0 Å². The SMILES string of the molecule is CC(NC(=O)C1(C)CCCC1)c1nc(-c2ccccc2)cs1. The monoisotopic (exact) mass is 314 g/mol. The van der Waals surface area contributed by atoms with Gasteiger partial charge in [-0.3, -0.25) is 4.79 Å². The second kappa shape index (κ2) is 6.21. The van der Waals surface area contributed by atoms with Gasteiger partial charge in [-0.2, -0.15) is 0 Å². The molecule has 1 aliphatic rings. The highest BCUT2D eigenvalue weighted by atomic mass is 32.1. The fourth-order valence-corrected chi connectivity index (χ4v) is 3.88. The summed E-state index contributed by atoms with van der Waals surface area (Å²) in [6.45, 7) is 4.10. The van der Waals surface area contributed by atoms with Gasteiger partial charge in [0.1, 0.15) is 5.01 Å². The second-order valence-electron chi connectivity index (χ2n) is 6.40. The van der Waals surface area contributed by atoms with Crippen molar-refractivity contribution in [2.75, 3.05) is 0 Å². The van der Waals surface area contributed by atoms with Crippen LogP contribution in [0.5, 0.6) is 0 Å². The van der Waals surface area contributed by atoms with Gasteiger partial charge < -0.3 is 5.32 Å². The molecule has 2 aromatic rings. The van der Waals surface area contributed by atoms with Gasteiger partial charge in [-0.1, -0.05) is 50.1 Å². The Hall–Kier alpha value is -1.68. The maximum absolute atomic E-state index is 12.5. The van der Waals surface area contributed by atoms with Crippen LogP contribution in [0.1, 0.15) is 50.6 Å². The van der Waals surface area contributed by atoms with Crippen molar-refractivity contribution in [3.05, 3.63) is 40.7 Å². The molecular formula is C18H22N2OS. The van der Waals surface area contributed by atoms with Crippen LogP contribution in [0.2, 0.25) is 0 Å². The summed E-state index contributed by atoms with van der Waals surface area (Å²) in [5.41, 5.74) is 1.91. The summed E-state index contributed by atoms with van der Waals surface area (Å²) in [7, 11) is 0. The smallest absolute Gasteiger partial charge is 0.226 e. The van der Waals surface area contributed by atoms with E-state index in [4.69, 9.17) is 0 Å². The Morgan fingerprint density at radius 3 is 2.64 bits per heavy atom. The molecule has 1 aromatic heterocycles. The lowest BCUT2D eigenvalue weighted by Crippen LogP contribution is -2.38. The number of nitrogens with zero attached hydrogens (tertiary/aromatic N) is 1. The molecule has 1 aromatic carbocycles. The van der Waals surface area contributed by atoms with Crippen LogP contribution in [0.3, 0.4) is 0 Å². The highest BCUT2D eigenvalue weighted by Crippen LogP contribution is 2.38. The summed E-state index contributed by atoms with van der Waals surface area (Å²) in [4.78, 5) is 17.2. The summed E-state index contributed by atoms with van der Waals surface area (Å²) in [5.74, 6) is 0.175. The lowest BCUT2D eigenvalue weighted by molar-refractivity contribution is -0.130. The van der Waals surface area contributed by atoms with Crippen molar-refractivity contribution < 1.29 is 4.79 Å². The minimum absolute atomic E-state index is 0.0348. The fraction of sp³-hybridized carbons (Fsp3) is 0.444. The van der Waals surface area contributed by atoms with Gasteiger partial charge in [0, 0.05) is 16.4 Å². The van der Waals surface area contributed by atoms with E-state index in [-0.39, 0.29) is 17.4 Å². The number of hydrogen-bond donors (Lipinski definition) is 1. The largest absolute Gasteiger partial charge is 0.347 e. The van der Waals surface area contributed by atoms with Crippen LogP contribution in [0.25, 0.3) is 11.3 Å². The highest BCUT2D eigenvalue weighted by molar-refractivity contribution is 7.10. The van der Waals surface area contributed by atoms with Gasteiger partial charge in [0.25, 0.3) is 0 Å². The van der Waals surface area contributed by atoms with E-state index >= 15 is 0 Å². The minimum Gasteiger partial charge on any atom is -0.347 e. The van der Waals surface area contributed by atoms with Crippen LogP contribution in [0.15, 0.2) is 35.7 Å². The molecule has 0 spiro atoms. The zero-order valence-corrected chi connectivity index (χ0v) is 14.0. The molecule has 116 valence electrons. The third-order valence-electron chi connectivity index (χ3n) is 4.56. The summed E-state index contributed by atoms with van der Waals surface area (Å²) >= 11 is 1.61. The second-order valence-corrected chi connectivity index (χ2v) is 7.29. The highest BCUT2D eigenvalue weighted by Gasteiger charge is 2.36. The summed E-state index contributed by atoms with van der Waals surface area (Å²) in [6, 6.07) is 10.1. The van der Waals surface area contributed by atoms with Crippen LogP contribution in [-0.2, 0) is 4.79 Å². The van der Waals surface area contributed by atoms with Gasteiger partial charge in [-0.05, 0) is 19.8 Å². The number of aromatic nitrogens is 1. The van der Waals surface area contributed by atoms with E-state index in [1.165, 1.54) is 0 Å². The van der Waals surface area contributed by atoms with Gasteiger partial charge in [-0.15, -0.1) is 11.3 Å². The Morgan fingerprint density at radius 2 is 1.95 bits per heavy atom. The first-order valence-corrected chi connectivity index (χ1v) is 8.78. The van der Waals surface area contributed by atoms with Gasteiger partial charge in [0.05, 0.1) is 11.7 Å². The van der Waals surface area contributed by atoms with Crippen LogP contribution in [0, 0.1) is 5.41 Å². The number of benzene rings is 1. The normalized spacial score (nSPS) is 18.1. The molecule has 0 saturated heterocycles. The third-order valence-corrected chi connectivity index (χ3v) is 5.59. The first-order valence-electron chi connectivity index (χ1n) is 7.90. The number of carbonyl (C=O) groups excluding carboxylic acids is 1. The van der Waals surface area contributed by atoms with Gasteiger partial charge >= 0.3 is 0 Å². The average Bonchev–Trinajstić information content (AvgIpc) is 3.18. The summed E-state index contributed by atoms with van der Waals surface area (Å²) < 4.78 is 0. The standard InChI is InChI=1S/C18H22N2OS/c1-13(19-17(21)18(2)10-6-7-11-18)16-20-15(12-22-16)14-8-4-3-5-9-14/h3-5,8-9,12-13H,6-7,10-11H2,1-2H3,(H,19,21). The Labute approximate surface area is 135 Å². The molecule has 1 unspecified atom stereocenters. The lowest BCUT2D eigenvalue weighted by Gasteiger charge is -2.24. The van der Waals surface area contributed by atoms with Crippen LogP contribution in [0.4, 0.5) is 0 Å². The molecule has 1 heterocycles. The van der Waals surface area contributed by atoms with Crippen molar-refractivity contribution in [2.45, 2.75) is 45.6 Å². The number of rotatable bonds is 4. The lowest BCUT2D eigenvalue weighted by atomic mass is 9.87. The minimum atomic E-state index is -0.187. The molecule has 22 heavy (non-hydrogen) atoms. The molecule has 1 atom stereocenters. The van der Waals surface area contributed by atoms with E-state index in [9.17, 15) is 4.79 Å². The first-order chi connectivity index (χ1) is 10.6. The van der Waals surface area contributed by atoms with Gasteiger partial charge in [0.15, 0.2) is 0 Å². The molecule has 1 N–H and O–H groups in total. The predicted octanol–water partition coefficient (Wildman–Crippen LogP) is 4.57. The van der Waals surface area contributed by atoms with E-state index in [1.54, 1.807) is 11.3 Å². The van der Waals surface area contributed by atoms with Crippen molar-refractivity contribution in [3.8, 4) is 11.3 Å². The first kappa shape index (κ1) is 15.2. The van der Waals surface area contributed by atoms with Crippen molar-refractivity contribution in [3.63, 3.8) is 0 Å².